The number of fused-ring (bicyclic) bond motifs is 3. The van der Waals surface area contributed by atoms with Gasteiger partial charge in [0.25, 0.3) is 15.7 Å². The van der Waals surface area contributed by atoms with Crippen molar-refractivity contribution in [1.82, 2.24) is 3.97 Å². The fourth-order valence-corrected chi connectivity index (χ4v) is 5.02. The molecule has 26 heavy (non-hydrogen) atoms. The molecule has 0 fully saturated rings. The van der Waals surface area contributed by atoms with Crippen LogP contribution in [0.5, 0.6) is 0 Å². The van der Waals surface area contributed by atoms with Crippen LogP contribution in [0.25, 0.3) is 10.9 Å². The molecule has 0 saturated carbocycles. The number of aromatic nitrogens is 1. The van der Waals surface area contributed by atoms with Crippen molar-refractivity contribution in [2.75, 3.05) is 0 Å². The Morgan fingerprint density at radius 2 is 1.88 bits per heavy atom. The summed E-state index contributed by atoms with van der Waals surface area (Å²) in [6.45, 7) is 1.84. The zero-order chi connectivity index (χ0) is 18.6. The van der Waals surface area contributed by atoms with E-state index in [1.807, 2.05) is 6.92 Å². The van der Waals surface area contributed by atoms with Crippen LogP contribution in [-0.4, -0.2) is 23.1 Å². The minimum absolute atomic E-state index is 0.0520. The van der Waals surface area contributed by atoms with Gasteiger partial charge in [-0.15, -0.1) is 0 Å². The quantitative estimate of drug-likeness (QED) is 0.521. The van der Waals surface area contributed by atoms with Gasteiger partial charge in [-0.3, -0.25) is 14.9 Å². The highest BCUT2D eigenvalue weighted by atomic mass is 32.2. The maximum atomic E-state index is 13.1. The molecule has 0 saturated heterocycles. The Morgan fingerprint density at radius 1 is 1.15 bits per heavy atom. The lowest BCUT2D eigenvalue weighted by Crippen LogP contribution is -2.13. The lowest BCUT2D eigenvalue weighted by molar-refractivity contribution is -0.387. The Bertz CT molecular complexity index is 1190. The first-order chi connectivity index (χ1) is 12.3. The van der Waals surface area contributed by atoms with E-state index in [1.165, 1.54) is 24.4 Å². The summed E-state index contributed by atoms with van der Waals surface area (Å²) in [7, 11) is -4.15. The molecule has 1 aliphatic rings. The van der Waals surface area contributed by atoms with Gasteiger partial charge in [0, 0.05) is 29.1 Å². The monoisotopic (exact) mass is 370 g/mol. The number of carbonyl (C=O) groups excluding carboxylic acids is 1. The number of Topliss-reactive ketones (excluding diaryl/α,β-unsaturated/α-hetero) is 1. The van der Waals surface area contributed by atoms with Gasteiger partial charge in [-0.1, -0.05) is 19.1 Å². The fraction of sp³-hybridized carbons (Fsp3) is 0.167. The summed E-state index contributed by atoms with van der Waals surface area (Å²) in [4.78, 5) is 22.3. The molecule has 0 aliphatic heterocycles. The van der Waals surface area contributed by atoms with E-state index >= 15 is 0 Å². The number of nitro benzene ring substituents is 1. The molecule has 3 aromatic rings. The first kappa shape index (κ1) is 16.5. The Balaban J connectivity index is 1.95. The molecule has 0 amide bonds. The second-order valence-corrected chi connectivity index (χ2v) is 8.12. The molecule has 4 rings (SSSR count). The number of benzene rings is 2. The lowest BCUT2D eigenvalue weighted by atomic mass is 10.1. The highest BCUT2D eigenvalue weighted by molar-refractivity contribution is 7.90. The van der Waals surface area contributed by atoms with Crippen molar-refractivity contribution in [2.24, 2.45) is 5.92 Å². The molecule has 1 aliphatic carbocycles. The Labute approximate surface area is 149 Å². The van der Waals surface area contributed by atoms with Crippen LogP contribution in [0.15, 0.2) is 53.6 Å². The zero-order valence-electron chi connectivity index (χ0n) is 13.7. The average Bonchev–Trinajstić information content (AvgIpc) is 3.17. The van der Waals surface area contributed by atoms with Crippen LogP contribution in [0.1, 0.15) is 22.8 Å². The van der Waals surface area contributed by atoms with Gasteiger partial charge in [0.2, 0.25) is 0 Å². The molecule has 2 aromatic carbocycles. The van der Waals surface area contributed by atoms with Gasteiger partial charge in [-0.05, 0) is 36.2 Å². The summed E-state index contributed by atoms with van der Waals surface area (Å²) in [5.41, 5.74) is 1.38. The number of nitro groups is 1. The molecular formula is C18H14N2O5S. The summed E-state index contributed by atoms with van der Waals surface area (Å²) < 4.78 is 27.1. The largest absolute Gasteiger partial charge is 0.294 e. The van der Waals surface area contributed by atoms with E-state index < -0.39 is 20.6 Å². The zero-order valence-corrected chi connectivity index (χ0v) is 14.6. The van der Waals surface area contributed by atoms with Gasteiger partial charge in [-0.2, -0.15) is 0 Å². The van der Waals surface area contributed by atoms with Crippen LogP contribution in [0, 0.1) is 16.0 Å². The summed E-state index contributed by atoms with van der Waals surface area (Å²) in [5, 5.41) is 11.9. The molecule has 0 N–H and O–H groups in total. The van der Waals surface area contributed by atoms with E-state index in [2.05, 4.69) is 0 Å². The third kappa shape index (κ3) is 2.19. The van der Waals surface area contributed by atoms with Gasteiger partial charge < -0.3 is 0 Å². The first-order valence-electron chi connectivity index (χ1n) is 7.98. The van der Waals surface area contributed by atoms with Crippen molar-refractivity contribution in [2.45, 2.75) is 18.2 Å². The van der Waals surface area contributed by atoms with Crippen molar-refractivity contribution in [3.05, 3.63) is 69.9 Å². The number of ketones is 1. The van der Waals surface area contributed by atoms with Crippen molar-refractivity contribution in [1.29, 1.82) is 0 Å². The predicted octanol–water partition coefficient (Wildman–Crippen LogP) is 3.16. The third-order valence-corrected chi connectivity index (χ3v) is 6.51. The SMILES string of the molecule is CC1Cc2c(ccc3c2ccn3S(=O)(=O)c2ccccc2[N+](=O)[O-])C1=O. The van der Waals surface area contributed by atoms with Crippen LogP contribution >= 0.6 is 0 Å². The molecular weight excluding hydrogens is 356 g/mol. The van der Waals surface area contributed by atoms with Crippen molar-refractivity contribution >= 4 is 32.4 Å². The highest BCUT2D eigenvalue weighted by Crippen LogP contribution is 2.35. The summed E-state index contributed by atoms with van der Waals surface area (Å²) in [6.07, 6.45) is 1.94. The van der Waals surface area contributed by atoms with Gasteiger partial charge in [-0.25, -0.2) is 12.4 Å². The molecule has 1 heterocycles. The van der Waals surface area contributed by atoms with Gasteiger partial charge in [0.1, 0.15) is 0 Å². The third-order valence-electron chi connectivity index (χ3n) is 4.77. The van der Waals surface area contributed by atoms with E-state index in [9.17, 15) is 23.3 Å². The minimum atomic E-state index is -4.15. The topological polar surface area (TPSA) is 99.3 Å². The van der Waals surface area contributed by atoms with Gasteiger partial charge in [0.15, 0.2) is 10.7 Å². The summed E-state index contributed by atoms with van der Waals surface area (Å²) >= 11 is 0. The first-order valence-corrected chi connectivity index (χ1v) is 9.42. The van der Waals surface area contributed by atoms with E-state index in [1.54, 1.807) is 18.2 Å². The second kappa shape index (κ2) is 5.50. The molecule has 1 aromatic heterocycles. The van der Waals surface area contributed by atoms with Crippen molar-refractivity contribution < 1.29 is 18.1 Å². The summed E-state index contributed by atoms with van der Waals surface area (Å²) in [5.74, 6) is -0.0815. The summed E-state index contributed by atoms with van der Waals surface area (Å²) in [6, 6.07) is 10.1. The van der Waals surface area contributed by atoms with Crippen LogP contribution in [0.3, 0.4) is 0 Å². The van der Waals surface area contributed by atoms with Crippen LogP contribution in [0.2, 0.25) is 0 Å². The van der Waals surface area contributed by atoms with E-state index in [-0.39, 0.29) is 16.6 Å². The van der Waals surface area contributed by atoms with Crippen LogP contribution in [0.4, 0.5) is 5.69 Å². The number of nitrogens with zero attached hydrogens (tertiary/aromatic N) is 2. The number of hydrogen-bond acceptors (Lipinski definition) is 5. The van der Waals surface area contributed by atoms with Crippen molar-refractivity contribution in [3.8, 4) is 0 Å². The Morgan fingerprint density at radius 3 is 2.62 bits per heavy atom. The molecule has 1 unspecified atom stereocenters. The molecule has 8 heteroatoms. The highest BCUT2D eigenvalue weighted by Gasteiger charge is 2.31. The van der Waals surface area contributed by atoms with E-state index in [0.29, 0.717) is 22.9 Å². The molecule has 0 bridgehead atoms. The fourth-order valence-electron chi connectivity index (χ4n) is 3.51. The molecule has 0 radical (unpaired) electrons. The maximum absolute atomic E-state index is 13.1. The molecule has 0 spiro atoms. The number of para-hydroxylation sites is 1. The number of carbonyl (C=O) groups is 1. The molecule has 1 atom stereocenters. The van der Waals surface area contributed by atoms with Gasteiger partial charge >= 0.3 is 0 Å². The van der Waals surface area contributed by atoms with Crippen LogP contribution < -0.4 is 0 Å². The standard InChI is InChI=1S/C18H14N2O5S/c1-11-10-14-12-8-9-19(15(12)7-6-13(14)18(11)21)26(24,25)17-5-3-2-4-16(17)20(22)23/h2-9,11H,10H2,1H3. The van der Waals surface area contributed by atoms with Crippen molar-refractivity contribution in [3.63, 3.8) is 0 Å². The smallest absolute Gasteiger partial charge is 0.289 e. The number of rotatable bonds is 3. The normalized spacial score (nSPS) is 16.8. The van der Waals surface area contributed by atoms with E-state index in [0.717, 1.165) is 15.6 Å². The van der Waals surface area contributed by atoms with Crippen LogP contribution in [-0.2, 0) is 16.4 Å². The second-order valence-electron chi connectivity index (χ2n) is 6.34. The predicted molar refractivity (Wildman–Crippen MR) is 94.8 cm³/mol. The van der Waals surface area contributed by atoms with E-state index in [4.69, 9.17) is 0 Å². The molecule has 7 nitrogen and oxygen atoms in total. The maximum Gasteiger partial charge on any atom is 0.289 e. The molecule has 132 valence electrons. The lowest BCUT2D eigenvalue weighted by Gasteiger charge is -2.09. The Hall–Kier alpha value is -3.00. The number of hydrogen-bond donors (Lipinski definition) is 0. The van der Waals surface area contributed by atoms with Gasteiger partial charge in [0.05, 0.1) is 10.4 Å². The minimum Gasteiger partial charge on any atom is -0.294 e. The average molecular weight is 370 g/mol. The Kier molecular flexibility index (Phi) is 3.48.